The molecule has 1 aromatic heterocycles. The van der Waals surface area contributed by atoms with E-state index in [1.165, 1.54) is 18.2 Å². The van der Waals surface area contributed by atoms with Gasteiger partial charge in [0.1, 0.15) is 11.6 Å². The van der Waals surface area contributed by atoms with Crippen LogP contribution in [0.5, 0.6) is 0 Å². The first-order valence-corrected chi connectivity index (χ1v) is 10.0. The van der Waals surface area contributed by atoms with Gasteiger partial charge in [0.25, 0.3) is 0 Å². The zero-order chi connectivity index (χ0) is 20.3. The van der Waals surface area contributed by atoms with Crippen LogP contribution in [0.15, 0.2) is 30.3 Å². The Morgan fingerprint density at radius 2 is 1.86 bits per heavy atom. The van der Waals surface area contributed by atoms with Crippen molar-refractivity contribution in [3.8, 4) is 11.3 Å². The van der Waals surface area contributed by atoms with Gasteiger partial charge in [0.15, 0.2) is 0 Å². The van der Waals surface area contributed by atoms with Gasteiger partial charge in [-0.15, -0.1) is 5.10 Å². The highest BCUT2D eigenvalue weighted by Crippen LogP contribution is 2.42. The molecule has 1 aliphatic heterocycles. The molecule has 0 spiro atoms. The fourth-order valence-corrected chi connectivity index (χ4v) is 4.25. The molecule has 2 heterocycles. The fourth-order valence-electron chi connectivity index (χ4n) is 4.25. The number of benzene rings is 1. The fraction of sp³-hybridized carbons (Fsp3) is 0.500. The van der Waals surface area contributed by atoms with Gasteiger partial charge >= 0.3 is 0 Å². The molecule has 3 rings (SSSR count). The summed E-state index contributed by atoms with van der Waals surface area (Å²) in [6.45, 7) is 7.00. The average Bonchev–Trinajstić information content (AvgIpc) is 3.09. The van der Waals surface area contributed by atoms with E-state index < -0.39 is 17.2 Å². The molecule has 150 valence electrons. The molecular weight excluding hydrogens is 360 g/mol. The van der Waals surface area contributed by atoms with Crippen LogP contribution in [0, 0.1) is 17.6 Å². The quantitative estimate of drug-likeness (QED) is 0.665. The van der Waals surface area contributed by atoms with E-state index in [2.05, 4.69) is 31.0 Å². The number of rotatable bonds is 7. The van der Waals surface area contributed by atoms with Crippen molar-refractivity contribution in [2.45, 2.75) is 58.4 Å². The van der Waals surface area contributed by atoms with E-state index in [1.54, 1.807) is 12.1 Å². The number of unbranched alkanes of at least 4 members (excludes halogenated alkanes) is 1. The predicted octanol–water partition coefficient (Wildman–Crippen LogP) is 5.09. The van der Waals surface area contributed by atoms with E-state index in [1.807, 2.05) is 4.90 Å². The molecule has 0 unspecified atom stereocenters. The average molecular weight is 387 g/mol. The van der Waals surface area contributed by atoms with E-state index in [0.29, 0.717) is 18.7 Å². The minimum absolute atomic E-state index is 0.131. The van der Waals surface area contributed by atoms with Crippen molar-refractivity contribution in [2.24, 2.45) is 5.92 Å². The predicted molar refractivity (Wildman–Crippen MR) is 104 cm³/mol. The molecule has 0 saturated carbocycles. The van der Waals surface area contributed by atoms with Crippen LogP contribution in [-0.4, -0.2) is 27.5 Å². The highest BCUT2D eigenvalue weighted by atomic mass is 19.1. The Balaban J connectivity index is 2.06. The molecule has 0 aliphatic carbocycles. The van der Waals surface area contributed by atoms with Crippen LogP contribution in [0.2, 0.25) is 0 Å². The normalized spacial score (nSPS) is 16.6. The molecule has 4 nitrogen and oxygen atoms in total. The highest BCUT2D eigenvalue weighted by Gasteiger charge is 2.46. The number of nitrogens with zero attached hydrogens (tertiary/aromatic N) is 3. The number of likely N-dealkylation sites (tertiary alicyclic amines) is 1. The summed E-state index contributed by atoms with van der Waals surface area (Å²) in [5.74, 6) is -1.07. The maximum Gasteiger partial charge on any atom is 0.223 e. The molecule has 6 heteroatoms. The summed E-state index contributed by atoms with van der Waals surface area (Å²) in [6, 6.07) is 7.11. The Bertz CT molecular complexity index is 818. The lowest BCUT2D eigenvalue weighted by molar-refractivity contribution is -0.136. The second-order valence-corrected chi connectivity index (χ2v) is 7.73. The van der Waals surface area contributed by atoms with Crippen molar-refractivity contribution in [2.75, 3.05) is 6.54 Å². The Labute approximate surface area is 165 Å². The molecule has 1 aliphatic rings. The van der Waals surface area contributed by atoms with Crippen LogP contribution >= 0.6 is 0 Å². The standard InChI is InChI=1S/C22H27F2N3O/c1-4-5-13-22(15(2)3,27-14-7-10-20(27)28)19-12-11-18(25-26-19)21-16(23)8-6-9-17(21)24/h6,8-9,11-12,15H,4-5,7,10,13-14H2,1-3H3/t22-/m0/s1. The van der Waals surface area contributed by atoms with Crippen LogP contribution in [-0.2, 0) is 10.3 Å². The van der Waals surface area contributed by atoms with Gasteiger partial charge in [0.2, 0.25) is 5.91 Å². The molecule has 1 aromatic carbocycles. The highest BCUT2D eigenvalue weighted by molar-refractivity contribution is 5.79. The lowest BCUT2D eigenvalue weighted by Gasteiger charge is -2.45. The maximum atomic E-state index is 14.1. The van der Waals surface area contributed by atoms with Crippen molar-refractivity contribution in [1.82, 2.24) is 15.1 Å². The number of aromatic nitrogens is 2. The molecule has 0 N–H and O–H groups in total. The largest absolute Gasteiger partial charge is 0.331 e. The molecule has 1 fully saturated rings. The van der Waals surface area contributed by atoms with E-state index in [-0.39, 0.29) is 23.1 Å². The van der Waals surface area contributed by atoms with Crippen molar-refractivity contribution < 1.29 is 13.6 Å². The van der Waals surface area contributed by atoms with E-state index in [4.69, 9.17) is 0 Å². The van der Waals surface area contributed by atoms with Crippen molar-refractivity contribution in [3.05, 3.63) is 47.7 Å². The van der Waals surface area contributed by atoms with Crippen LogP contribution in [0.4, 0.5) is 8.78 Å². The molecule has 1 saturated heterocycles. The number of carbonyl (C=O) groups excluding carboxylic acids is 1. The van der Waals surface area contributed by atoms with Gasteiger partial charge in [-0.05, 0) is 43.0 Å². The zero-order valence-electron chi connectivity index (χ0n) is 16.7. The van der Waals surface area contributed by atoms with Gasteiger partial charge < -0.3 is 4.90 Å². The SMILES string of the molecule is CCCC[C@@](c1ccc(-c2c(F)cccc2F)nn1)(C(C)C)N1CCCC1=O. The van der Waals surface area contributed by atoms with Gasteiger partial charge in [-0.1, -0.05) is 39.7 Å². The summed E-state index contributed by atoms with van der Waals surface area (Å²) in [5.41, 5.74) is 0.109. The second kappa shape index (κ2) is 8.33. The summed E-state index contributed by atoms with van der Waals surface area (Å²) in [6.07, 6.45) is 4.13. The Morgan fingerprint density at radius 3 is 2.36 bits per heavy atom. The van der Waals surface area contributed by atoms with Gasteiger partial charge in [-0.25, -0.2) is 8.78 Å². The molecular formula is C22H27F2N3O. The Morgan fingerprint density at radius 1 is 1.14 bits per heavy atom. The number of carbonyl (C=O) groups is 1. The summed E-state index contributed by atoms with van der Waals surface area (Å²) < 4.78 is 28.2. The van der Waals surface area contributed by atoms with Crippen molar-refractivity contribution >= 4 is 5.91 Å². The maximum absolute atomic E-state index is 14.1. The first-order chi connectivity index (χ1) is 13.4. The summed E-state index contributed by atoms with van der Waals surface area (Å²) in [7, 11) is 0. The third kappa shape index (κ3) is 3.52. The monoisotopic (exact) mass is 387 g/mol. The molecule has 28 heavy (non-hydrogen) atoms. The van der Waals surface area contributed by atoms with Gasteiger partial charge in [-0.3, -0.25) is 4.79 Å². The zero-order valence-corrected chi connectivity index (χ0v) is 16.7. The second-order valence-electron chi connectivity index (χ2n) is 7.73. The topological polar surface area (TPSA) is 46.1 Å². The van der Waals surface area contributed by atoms with Crippen LogP contribution in [0.3, 0.4) is 0 Å². The Kier molecular flexibility index (Phi) is 6.06. The van der Waals surface area contributed by atoms with Crippen LogP contribution < -0.4 is 0 Å². The smallest absolute Gasteiger partial charge is 0.223 e. The van der Waals surface area contributed by atoms with Gasteiger partial charge in [0, 0.05) is 13.0 Å². The van der Waals surface area contributed by atoms with Crippen molar-refractivity contribution in [3.63, 3.8) is 0 Å². The molecule has 1 atom stereocenters. The van der Waals surface area contributed by atoms with Crippen LogP contribution in [0.25, 0.3) is 11.3 Å². The Hall–Kier alpha value is -2.37. The van der Waals surface area contributed by atoms with E-state index >= 15 is 0 Å². The molecule has 0 radical (unpaired) electrons. The lowest BCUT2D eigenvalue weighted by Crippen LogP contribution is -2.51. The summed E-state index contributed by atoms with van der Waals surface area (Å²) >= 11 is 0. The van der Waals surface area contributed by atoms with Crippen LogP contribution in [0.1, 0.15) is 58.6 Å². The number of amides is 1. The number of hydrogen-bond acceptors (Lipinski definition) is 3. The number of hydrogen-bond donors (Lipinski definition) is 0. The summed E-state index contributed by atoms with van der Waals surface area (Å²) in [4.78, 5) is 14.6. The molecule has 1 amide bonds. The minimum Gasteiger partial charge on any atom is -0.331 e. The first-order valence-electron chi connectivity index (χ1n) is 10.0. The van der Waals surface area contributed by atoms with Crippen molar-refractivity contribution in [1.29, 1.82) is 0 Å². The van der Waals surface area contributed by atoms with E-state index in [0.717, 1.165) is 25.7 Å². The van der Waals surface area contributed by atoms with Gasteiger partial charge in [0.05, 0.1) is 22.5 Å². The first kappa shape index (κ1) is 20.4. The van der Waals surface area contributed by atoms with E-state index in [9.17, 15) is 13.6 Å². The third-order valence-corrected chi connectivity index (χ3v) is 5.75. The minimum atomic E-state index is -0.669. The molecule has 2 aromatic rings. The van der Waals surface area contributed by atoms with Gasteiger partial charge in [-0.2, -0.15) is 5.10 Å². The summed E-state index contributed by atoms with van der Waals surface area (Å²) in [5, 5.41) is 8.54. The third-order valence-electron chi connectivity index (χ3n) is 5.75. The molecule has 0 bridgehead atoms. The number of halogens is 2. The lowest BCUT2D eigenvalue weighted by atomic mass is 9.77.